The summed E-state index contributed by atoms with van der Waals surface area (Å²) in [5.41, 5.74) is 1.19. The Morgan fingerprint density at radius 1 is 1.27 bits per heavy atom. The fourth-order valence-corrected chi connectivity index (χ4v) is 3.69. The van der Waals surface area contributed by atoms with E-state index in [9.17, 15) is 4.79 Å². The minimum Gasteiger partial charge on any atom is -0.454 e. The molecule has 0 bridgehead atoms. The van der Waals surface area contributed by atoms with Gasteiger partial charge in [-0.2, -0.15) is 4.98 Å². The van der Waals surface area contributed by atoms with Crippen LogP contribution in [0.15, 0.2) is 22.7 Å². The Bertz CT molecular complexity index is 819. The molecule has 2 aromatic rings. The second kappa shape index (κ2) is 6.63. The predicted molar refractivity (Wildman–Crippen MR) is 92.7 cm³/mol. The van der Waals surface area contributed by atoms with Crippen molar-refractivity contribution < 1.29 is 18.8 Å². The van der Waals surface area contributed by atoms with E-state index in [2.05, 4.69) is 23.1 Å². The van der Waals surface area contributed by atoms with Crippen molar-refractivity contribution in [3.05, 3.63) is 35.5 Å². The molecule has 1 aromatic heterocycles. The van der Waals surface area contributed by atoms with E-state index >= 15 is 0 Å². The quantitative estimate of drug-likeness (QED) is 0.819. The number of nitrogens with zero attached hydrogens (tertiary/aromatic N) is 3. The van der Waals surface area contributed by atoms with Crippen molar-refractivity contribution in [3.8, 4) is 11.5 Å². The van der Waals surface area contributed by atoms with Crippen LogP contribution in [0.3, 0.4) is 0 Å². The topological polar surface area (TPSA) is 77.7 Å². The number of benzene rings is 1. The number of aryl methyl sites for hydroxylation is 1. The summed E-state index contributed by atoms with van der Waals surface area (Å²) in [5, 5.41) is 3.91. The third-order valence-electron chi connectivity index (χ3n) is 5.09. The third-order valence-corrected chi connectivity index (χ3v) is 5.09. The van der Waals surface area contributed by atoms with Gasteiger partial charge in [-0.1, -0.05) is 25.1 Å². The Morgan fingerprint density at radius 2 is 2.12 bits per heavy atom. The molecule has 1 amide bonds. The summed E-state index contributed by atoms with van der Waals surface area (Å²) in [6.45, 7) is 5.53. The molecule has 2 aliphatic rings. The molecule has 3 heterocycles. The summed E-state index contributed by atoms with van der Waals surface area (Å²) in [4.78, 5) is 18.5. The molecule has 7 heteroatoms. The second-order valence-corrected chi connectivity index (χ2v) is 7.38. The summed E-state index contributed by atoms with van der Waals surface area (Å²) >= 11 is 0. The van der Waals surface area contributed by atoms with Gasteiger partial charge in [-0.15, -0.1) is 0 Å². The predicted octanol–water partition coefficient (Wildman–Crippen LogP) is 2.73. The monoisotopic (exact) mass is 357 g/mol. The SMILES string of the molecule is CCc1noc(CN2C[C@](C)(Cc3ccc4c(c3)OCO4)CCC2=O)n1. The fourth-order valence-electron chi connectivity index (χ4n) is 3.69. The molecule has 2 aliphatic heterocycles. The minimum absolute atomic E-state index is 0.00475. The first-order valence-electron chi connectivity index (χ1n) is 9.02. The van der Waals surface area contributed by atoms with Crippen molar-refractivity contribution in [2.45, 2.75) is 46.1 Å². The average Bonchev–Trinajstić information content (AvgIpc) is 3.27. The Morgan fingerprint density at radius 3 is 2.92 bits per heavy atom. The number of carbonyl (C=O) groups is 1. The fraction of sp³-hybridized carbons (Fsp3) is 0.526. The molecule has 1 atom stereocenters. The maximum Gasteiger partial charge on any atom is 0.246 e. The molecule has 1 saturated heterocycles. The lowest BCUT2D eigenvalue weighted by atomic mass is 9.76. The zero-order chi connectivity index (χ0) is 18.1. The van der Waals surface area contributed by atoms with Crippen molar-refractivity contribution in [2.24, 2.45) is 5.41 Å². The van der Waals surface area contributed by atoms with Crippen molar-refractivity contribution in [2.75, 3.05) is 13.3 Å². The van der Waals surface area contributed by atoms with Crippen molar-refractivity contribution in [1.29, 1.82) is 0 Å². The molecule has 4 rings (SSSR count). The number of hydrogen-bond donors (Lipinski definition) is 0. The minimum atomic E-state index is -0.00475. The smallest absolute Gasteiger partial charge is 0.246 e. The van der Waals surface area contributed by atoms with Gasteiger partial charge in [0.15, 0.2) is 17.3 Å². The standard InChI is InChI=1S/C19H23N3O4/c1-3-16-20-17(26-21-16)10-22-11-19(2,7-6-18(22)23)9-13-4-5-14-15(8-13)25-12-24-14/h4-5,8H,3,6-7,9-12H2,1-2H3/t19-/m0/s1. The summed E-state index contributed by atoms with van der Waals surface area (Å²) in [6.07, 6.45) is 2.99. The summed E-state index contributed by atoms with van der Waals surface area (Å²) in [6, 6.07) is 6.07. The van der Waals surface area contributed by atoms with Crippen LogP contribution in [-0.2, 0) is 24.2 Å². The molecular formula is C19H23N3O4. The number of hydrogen-bond acceptors (Lipinski definition) is 6. The lowest BCUT2D eigenvalue weighted by Gasteiger charge is -2.40. The van der Waals surface area contributed by atoms with E-state index in [4.69, 9.17) is 14.0 Å². The van der Waals surface area contributed by atoms with Gasteiger partial charge in [0, 0.05) is 19.4 Å². The van der Waals surface area contributed by atoms with Gasteiger partial charge in [-0.25, -0.2) is 0 Å². The van der Waals surface area contributed by atoms with Gasteiger partial charge in [-0.05, 0) is 36.0 Å². The van der Waals surface area contributed by atoms with Gasteiger partial charge in [0.2, 0.25) is 18.6 Å². The van der Waals surface area contributed by atoms with E-state index < -0.39 is 0 Å². The molecule has 0 unspecified atom stereocenters. The molecule has 0 spiro atoms. The Kier molecular flexibility index (Phi) is 4.30. The van der Waals surface area contributed by atoms with E-state index in [1.165, 1.54) is 5.56 Å². The van der Waals surface area contributed by atoms with Crippen LogP contribution in [-0.4, -0.2) is 34.3 Å². The van der Waals surface area contributed by atoms with Gasteiger partial charge in [-0.3, -0.25) is 4.79 Å². The van der Waals surface area contributed by atoms with Crippen LogP contribution in [0.4, 0.5) is 0 Å². The van der Waals surface area contributed by atoms with Gasteiger partial charge in [0.05, 0.1) is 6.54 Å². The van der Waals surface area contributed by atoms with Crippen LogP contribution in [0.2, 0.25) is 0 Å². The van der Waals surface area contributed by atoms with Crippen LogP contribution >= 0.6 is 0 Å². The molecule has 0 saturated carbocycles. The number of ether oxygens (including phenoxy) is 2. The number of rotatable bonds is 5. The molecule has 1 aromatic carbocycles. The van der Waals surface area contributed by atoms with Crippen LogP contribution < -0.4 is 9.47 Å². The average molecular weight is 357 g/mol. The molecule has 0 N–H and O–H groups in total. The number of aromatic nitrogens is 2. The van der Waals surface area contributed by atoms with Gasteiger partial charge in [0.25, 0.3) is 0 Å². The molecule has 1 fully saturated rings. The number of fused-ring (bicyclic) bond motifs is 1. The van der Waals surface area contributed by atoms with Gasteiger partial charge >= 0.3 is 0 Å². The first-order chi connectivity index (χ1) is 12.5. The van der Waals surface area contributed by atoms with E-state index in [0.29, 0.717) is 31.2 Å². The maximum absolute atomic E-state index is 12.4. The highest BCUT2D eigenvalue weighted by atomic mass is 16.7. The van der Waals surface area contributed by atoms with Crippen LogP contribution in [0.1, 0.15) is 44.0 Å². The maximum atomic E-state index is 12.4. The van der Waals surface area contributed by atoms with Crippen LogP contribution in [0, 0.1) is 5.41 Å². The summed E-state index contributed by atoms with van der Waals surface area (Å²) in [5.74, 6) is 2.91. The van der Waals surface area contributed by atoms with Gasteiger partial charge in [0.1, 0.15) is 0 Å². The number of piperidine rings is 1. The first-order valence-corrected chi connectivity index (χ1v) is 9.02. The first kappa shape index (κ1) is 16.9. The lowest BCUT2D eigenvalue weighted by Crippen LogP contribution is -2.45. The lowest BCUT2D eigenvalue weighted by molar-refractivity contribution is -0.138. The highest BCUT2D eigenvalue weighted by Crippen LogP contribution is 2.38. The van der Waals surface area contributed by atoms with Crippen molar-refractivity contribution in [3.63, 3.8) is 0 Å². The van der Waals surface area contributed by atoms with Crippen LogP contribution in [0.25, 0.3) is 0 Å². The van der Waals surface area contributed by atoms with Crippen molar-refractivity contribution >= 4 is 5.91 Å². The summed E-state index contributed by atoms with van der Waals surface area (Å²) in [7, 11) is 0. The van der Waals surface area contributed by atoms with E-state index in [1.54, 1.807) is 0 Å². The largest absolute Gasteiger partial charge is 0.454 e. The molecular weight excluding hydrogens is 334 g/mol. The molecule has 26 heavy (non-hydrogen) atoms. The number of amides is 1. The number of carbonyl (C=O) groups excluding carboxylic acids is 1. The summed E-state index contributed by atoms with van der Waals surface area (Å²) < 4.78 is 16.1. The second-order valence-electron chi connectivity index (χ2n) is 7.38. The van der Waals surface area contributed by atoms with Gasteiger partial charge < -0.3 is 18.9 Å². The highest BCUT2D eigenvalue weighted by molar-refractivity contribution is 5.77. The Balaban J connectivity index is 1.46. The van der Waals surface area contributed by atoms with E-state index in [1.807, 2.05) is 24.0 Å². The van der Waals surface area contributed by atoms with Crippen LogP contribution in [0.5, 0.6) is 11.5 Å². The molecule has 0 radical (unpaired) electrons. The van der Waals surface area contributed by atoms with Crippen molar-refractivity contribution in [1.82, 2.24) is 15.0 Å². The molecule has 0 aliphatic carbocycles. The van der Waals surface area contributed by atoms with E-state index in [-0.39, 0.29) is 18.1 Å². The zero-order valence-corrected chi connectivity index (χ0v) is 15.2. The zero-order valence-electron chi connectivity index (χ0n) is 15.2. The highest BCUT2D eigenvalue weighted by Gasteiger charge is 2.36. The number of likely N-dealkylation sites (tertiary alicyclic amines) is 1. The molecule has 138 valence electrons. The third kappa shape index (κ3) is 3.38. The van der Waals surface area contributed by atoms with E-state index in [0.717, 1.165) is 30.8 Å². The Hall–Kier alpha value is -2.57. The normalized spacial score (nSPS) is 22.1. The Labute approximate surface area is 152 Å². The molecule has 7 nitrogen and oxygen atoms in total.